The van der Waals surface area contributed by atoms with Gasteiger partial charge in [0, 0.05) is 6.54 Å². The molecule has 1 aromatic carbocycles. The van der Waals surface area contributed by atoms with Gasteiger partial charge in [-0.1, -0.05) is 0 Å². The number of piperidine rings is 1. The maximum absolute atomic E-state index is 12.9. The van der Waals surface area contributed by atoms with Crippen LogP contribution in [0.4, 0.5) is 4.79 Å². The third kappa shape index (κ3) is 3.16. The molecule has 1 atom stereocenters. The van der Waals surface area contributed by atoms with Gasteiger partial charge in [-0.25, -0.2) is 9.48 Å². The van der Waals surface area contributed by atoms with Crippen LogP contribution in [0.3, 0.4) is 0 Å². The standard InChI is InChI=1S/C18H20N4O5/c1-26-13-5-3-12(4-6-13)22-9-14(23)15(20-22)16(24)21-8-2-7-18(11-21)10-19-17(25)27-18/h3-6,9,23H,2,7-8,10-11H2,1H3,(H,19,25). The minimum atomic E-state index is -0.695. The molecule has 2 amide bonds. The van der Waals surface area contributed by atoms with Crippen LogP contribution < -0.4 is 10.1 Å². The van der Waals surface area contributed by atoms with Gasteiger partial charge in [0.15, 0.2) is 11.4 Å². The number of nitrogens with zero attached hydrogens (tertiary/aromatic N) is 3. The predicted molar refractivity (Wildman–Crippen MR) is 94.1 cm³/mol. The molecule has 2 aliphatic rings. The highest BCUT2D eigenvalue weighted by atomic mass is 16.6. The molecule has 2 fully saturated rings. The largest absolute Gasteiger partial charge is 0.504 e. The lowest BCUT2D eigenvalue weighted by molar-refractivity contribution is -0.00535. The van der Waals surface area contributed by atoms with E-state index in [9.17, 15) is 14.7 Å². The van der Waals surface area contributed by atoms with E-state index in [4.69, 9.17) is 9.47 Å². The van der Waals surface area contributed by atoms with Crippen molar-refractivity contribution in [3.8, 4) is 17.2 Å². The molecule has 2 saturated heterocycles. The minimum Gasteiger partial charge on any atom is -0.504 e. The van der Waals surface area contributed by atoms with Gasteiger partial charge >= 0.3 is 6.09 Å². The third-order valence-corrected chi connectivity index (χ3v) is 4.93. The van der Waals surface area contributed by atoms with E-state index in [-0.39, 0.29) is 23.9 Å². The number of hydrogen-bond donors (Lipinski definition) is 2. The molecule has 3 heterocycles. The van der Waals surface area contributed by atoms with Crippen molar-refractivity contribution in [1.82, 2.24) is 20.0 Å². The van der Waals surface area contributed by atoms with Gasteiger partial charge in [-0.2, -0.15) is 5.10 Å². The molecule has 9 nitrogen and oxygen atoms in total. The summed E-state index contributed by atoms with van der Waals surface area (Å²) in [5.41, 5.74) is -0.0339. The molecule has 27 heavy (non-hydrogen) atoms. The van der Waals surface area contributed by atoms with Crippen molar-refractivity contribution in [2.24, 2.45) is 0 Å². The smallest absolute Gasteiger partial charge is 0.407 e. The molecule has 142 valence electrons. The molecule has 0 radical (unpaired) electrons. The Balaban J connectivity index is 1.55. The van der Waals surface area contributed by atoms with Crippen LogP contribution in [0.25, 0.3) is 5.69 Å². The van der Waals surface area contributed by atoms with Gasteiger partial charge in [0.2, 0.25) is 0 Å². The molecule has 2 aliphatic heterocycles. The minimum absolute atomic E-state index is 0.0276. The SMILES string of the molecule is COc1ccc(-n2cc(O)c(C(=O)N3CCCC4(CNC(=O)O4)C3)n2)cc1. The Morgan fingerprint density at radius 2 is 2.15 bits per heavy atom. The molecular weight excluding hydrogens is 352 g/mol. The maximum Gasteiger partial charge on any atom is 0.407 e. The monoisotopic (exact) mass is 372 g/mol. The molecule has 2 N–H and O–H groups in total. The second-order valence-electron chi connectivity index (χ2n) is 6.76. The van der Waals surface area contributed by atoms with Crippen molar-refractivity contribution in [3.05, 3.63) is 36.2 Å². The predicted octanol–water partition coefficient (Wildman–Crippen LogP) is 1.30. The number of ether oxygens (including phenoxy) is 2. The number of carbonyl (C=O) groups is 2. The number of aromatic nitrogens is 2. The highest BCUT2D eigenvalue weighted by Gasteiger charge is 2.45. The molecule has 0 bridgehead atoms. The summed E-state index contributed by atoms with van der Waals surface area (Å²) in [5, 5.41) is 17.1. The lowest BCUT2D eigenvalue weighted by Gasteiger charge is -2.37. The zero-order valence-electron chi connectivity index (χ0n) is 14.8. The molecule has 9 heteroatoms. The summed E-state index contributed by atoms with van der Waals surface area (Å²) in [6.45, 7) is 1.17. The Morgan fingerprint density at radius 1 is 1.37 bits per heavy atom. The van der Waals surface area contributed by atoms with Gasteiger partial charge in [-0.15, -0.1) is 0 Å². The number of amides is 2. The number of methoxy groups -OCH3 is 1. The maximum atomic E-state index is 12.9. The van der Waals surface area contributed by atoms with E-state index in [2.05, 4.69) is 10.4 Å². The number of benzene rings is 1. The third-order valence-electron chi connectivity index (χ3n) is 4.93. The Kier molecular flexibility index (Phi) is 4.14. The number of alkyl carbamates (subject to hydrolysis) is 1. The average Bonchev–Trinajstić information content (AvgIpc) is 3.24. The van der Waals surface area contributed by atoms with Crippen molar-refractivity contribution in [2.45, 2.75) is 18.4 Å². The summed E-state index contributed by atoms with van der Waals surface area (Å²) in [4.78, 5) is 25.9. The fourth-order valence-electron chi connectivity index (χ4n) is 3.54. The fourth-order valence-corrected chi connectivity index (χ4v) is 3.54. The molecule has 0 saturated carbocycles. The summed E-state index contributed by atoms with van der Waals surface area (Å²) < 4.78 is 12.0. The van der Waals surface area contributed by atoms with Crippen LogP contribution in [-0.2, 0) is 4.74 Å². The number of nitrogens with one attached hydrogen (secondary N) is 1. The molecular formula is C18H20N4O5. The van der Waals surface area contributed by atoms with Crippen LogP contribution in [0.5, 0.6) is 11.5 Å². The Bertz CT molecular complexity index is 878. The number of aromatic hydroxyl groups is 1. The van der Waals surface area contributed by atoms with Gasteiger partial charge in [-0.3, -0.25) is 4.79 Å². The first-order chi connectivity index (χ1) is 13.0. The zero-order chi connectivity index (χ0) is 19.0. The first-order valence-corrected chi connectivity index (χ1v) is 8.69. The van der Waals surface area contributed by atoms with Crippen LogP contribution in [-0.4, -0.2) is 64.1 Å². The van der Waals surface area contributed by atoms with E-state index in [0.29, 0.717) is 37.4 Å². The van der Waals surface area contributed by atoms with Crippen LogP contribution in [0, 0.1) is 0 Å². The number of carbonyl (C=O) groups excluding carboxylic acids is 2. The van der Waals surface area contributed by atoms with E-state index < -0.39 is 11.7 Å². The second kappa shape index (κ2) is 6.49. The molecule has 4 rings (SSSR count). The van der Waals surface area contributed by atoms with Gasteiger partial charge in [0.25, 0.3) is 5.91 Å². The van der Waals surface area contributed by atoms with E-state index in [1.807, 2.05) is 0 Å². The van der Waals surface area contributed by atoms with Gasteiger partial charge in [0.1, 0.15) is 11.4 Å². The van der Waals surface area contributed by atoms with Crippen LogP contribution in [0.1, 0.15) is 23.3 Å². The van der Waals surface area contributed by atoms with E-state index in [1.165, 1.54) is 10.9 Å². The lowest BCUT2D eigenvalue weighted by Crippen LogP contribution is -2.52. The highest BCUT2D eigenvalue weighted by molar-refractivity contribution is 5.95. The molecule has 2 aromatic rings. The summed E-state index contributed by atoms with van der Waals surface area (Å²) >= 11 is 0. The van der Waals surface area contributed by atoms with Crippen molar-refractivity contribution >= 4 is 12.0 Å². The highest BCUT2D eigenvalue weighted by Crippen LogP contribution is 2.30. The molecule has 1 aromatic heterocycles. The number of likely N-dealkylation sites (tertiary alicyclic amines) is 1. The molecule has 1 unspecified atom stereocenters. The van der Waals surface area contributed by atoms with Gasteiger partial charge < -0.3 is 24.8 Å². The quantitative estimate of drug-likeness (QED) is 0.841. The second-order valence-corrected chi connectivity index (χ2v) is 6.76. The van der Waals surface area contributed by atoms with Crippen molar-refractivity contribution in [3.63, 3.8) is 0 Å². The topological polar surface area (TPSA) is 106 Å². The average molecular weight is 372 g/mol. The number of rotatable bonds is 3. The van der Waals surface area contributed by atoms with Gasteiger partial charge in [0.05, 0.1) is 32.1 Å². The van der Waals surface area contributed by atoms with E-state index in [1.54, 1.807) is 36.3 Å². The normalized spacial score (nSPS) is 21.8. The van der Waals surface area contributed by atoms with Crippen LogP contribution in [0.2, 0.25) is 0 Å². The summed E-state index contributed by atoms with van der Waals surface area (Å²) in [6, 6.07) is 7.09. The van der Waals surface area contributed by atoms with Crippen LogP contribution >= 0.6 is 0 Å². The molecule has 1 spiro atoms. The summed E-state index contributed by atoms with van der Waals surface area (Å²) in [6.07, 6.45) is 2.34. The summed E-state index contributed by atoms with van der Waals surface area (Å²) in [5.74, 6) is 0.114. The van der Waals surface area contributed by atoms with E-state index in [0.717, 1.165) is 0 Å². The van der Waals surface area contributed by atoms with Crippen molar-refractivity contribution in [1.29, 1.82) is 0 Å². The Morgan fingerprint density at radius 3 is 2.81 bits per heavy atom. The van der Waals surface area contributed by atoms with Crippen LogP contribution in [0.15, 0.2) is 30.5 Å². The van der Waals surface area contributed by atoms with Crippen molar-refractivity contribution in [2.75, 3.05) is 26.7 Å². The molecule has 0 aliphatic carbocycles. The number of hydrogen-bond acceptors (Lipinski definition) is 6. The zero-order valence-corrected chi connectivity index (χ0v) is 14.8. The van der Waals surface area contributed by atoms with E-state index >= 15 is 0 Å². The van der Waals surface area contributed by atoms with Crippen molar-refractivity contribution < 1.29 is 24.2 Å². The Hall–Kier alpha value is -3.23. The first-order valence-electron chi connectivity index (χ1n) is 8.69. The first kappa shape index (κ1) is 17.2. The lowest BCUT2D eigenvalue weighted by atomic mass is 9.93. The Labute approximate surface area is 155 Å². The summed E-state index contributed by atoms with van der Waals surface area (Å²) in [7, 11) is 1.58. The van der Waals surface area contributed by atoms with Gasteiger partial charge in [-0.05, 0) is 37.1 Å². The fraction of sp³-hybridized carbons (Fsp3) is 0.389.